The molecule has 1 aliphatic heterocycles. The summed E-state index contributed by atoms with van der Waals surface area (Å²) in [6.07, 6.45) is 2.65. The lowest BCUT2D eigenvalue weighted by atomic mass is 10.1. The molecule has 162 valence electrons. The summed E-state index contributed by atoms with van der Waals surface area (Å²) < 4.78 is 21.6. The van der Waals surface area contributed by atoms with E-state index in [1.54, 1.807) is 36.4 Å². The fourth-order valence-corrected chi connectivity index (χ4v) is 3.32. The zero-order chi connectivity index (χ0) is 22.7. The van der Waals surface area contributed by atoms with Crippen molar-refractivity contribution in [2.75, 3.05) is 14.2 Å². The maximum Gasteiger partial charge on any atom is 0.343 e. The molecular weight excluding hydrogens is 408 g/mol. The molecule has 0 saturated carbocycles. The summed E-state index contributed by atoms with van der Waals surface area (Å²) >= 11 is 0. The molecule has 6 heteroatoms. The van der Waals surface area contributed by atoms with E-state index in [4.69, 9.17) is 18.9 Å². The molecule has 3 aromatic rings. The van der Waals surface area contributed by atoms with E-state index in [9.17, 15) is 9.59 Å². The predicted octanol–water partition coefficient (Wildman–Crippen LogP) is 5.10. The highest BCUT2D eigenvalue weighted by atomic mass is 16.5. The largest absolute Gasteiger partial charge is 0.497 e. The number of hydrogen-bond donors (Lipinski definition) is 0. The van der Waals surface area contributed by atoms with E-state index in [0.717, 1.165) is 12.0 Å². The van der Waals surface area contributed by atoms with Crippen LogP contribution >= 0.6 is 0 Å². The quantitative estimate of drug-likeness (QED) is 0.308. The highest BCUT2D eigenvalue weighted by Gasteiger charge is 2.28. The minimum atomic E-state index is -0.585. The molecule has 0 fully saturated rings. The molecule has 0 amide bonds. The summed E-state index contributed by atoms with van der Waals surface area (Å²) in [6, 6.07) is 17.4. The number of rotatable bonds is 6. The number of esters is 1. The van der Waals surface area contributed by atoms with E-state index in [1.807, 2.05) is 24.3 Å². The topological polar surface area (TPSA) is 71.1 Å². The molecule has 0 spiro atoms. The number of fused-ring (bicyclic) bond motifs is 1. The van der Waals surface area contributed by atoms with Gasteiger partial charge in [-0.2, -0.15) is 0 Å². The van der Waals surface area contributed by atoms with Crippen LogP contribution in [0.25, 0.3) is 6.08 Å². The van der Waals surface area contributed by atoms with E-state index in [0.29, 0.717) is 22.8 Å². The first-order valence-electron chi connectivity index (χ1n) is 10.1. The van der Waals surface area contributed by atoms with Gasteiger partial charge in [-0.05, 0) is 47.9 Å². The Morgan fingerprint density at radius 1 is 0.906 bits per heavy atom. The third-order valence-corrected chi connectivity index (χ3v) is 5.12. The van der Waals surface area contributed by atoms with Crippen LogP contribution in [0.2, 0.25) is 0 Å². The van der Waals surface area contributed by atoms with Gasteiger partial charge >= 0.3 is 5.97 Å². The van der Waals surface area contributed by atoms with Gasteiger partial charge in [0.25, 0.3) is 0 Å². The lowest BCUT2D eigenvalue weighted by molar-refractivity contribution is 0.0733. The molecule has 0 radical (unpaired) electrons. The third kappa shape index (κ3) is 4.34. The Hall–Kier alpha value is -4.06. The van der Waals surface area contributed by atoms with Crippen molar-refractivity contribution in [2.45, 2.75) is 13.3 Å². The number of hydrogen-bond acceptors (Lipinski definition) is 6. The van der Waals surface area contributed by atoms with Gasteiger partial charge in [-0.15, -0.1) is 0 Å². The average molecular weight is 430 g/mol. The smallest absolute Gasteiger partial charge is 0.343 e. The second-order valence-corrected chi connectivity index (χ2v) is 7.18. The standard InChI is InChI=1S/C26H22O6/c1-4-16-5-7-17(8-6-16)11-24-25(27)22-10-9-19(15-23(22)32-24)31-26(28)18-12-20(29-2)14-21(13-18)30-3/h5-15H,4H2,1-3H3/b24-11-. The predicted molar refractivity (Wildman–Crippen MR) is 120 cm³/mol. The maximum atomic E-state index is 12.7. The number of methoxy groups -OCH3 is 2. The highest BCUT2D eigenvalue weighted by Crippen LogP contribution is 2.35. The lowest BCUT2D eigenvalue weighted by Gasteiger charge is -2.09. The Bertz CT molecular complexity index is 1190. The number of Topliss-reactive ketones (excluding diaryl/α,β-unsaturated/α-hetero) is 1. The molecule has 3 aromatic carbocycles. The van der Waals surface area contributed by atoms with Crippen LogP contribution < -0.4 is 18.9 Å². The second-order valence-electron chi connectivity index (χ2n) is 7.18. The molecule has 0 saturated heterocycles. The van der Waals surface area contributed by atoms with Gasteiger partial charge in [-0.3, -0.25) is 4.79 Å². The Kier molecular flexibility index (Phi) is 5.94. The van der Waals surface area contributed by atoms with Crippen molar-refractivity contribution in [3.8, 4) is 23.0 Å². The molecule has 0 N–H and O–H groups in total. The van der Waals surface area contributed by atoms with Crippen molar-refractivity contribution in [3.63, 3.8) is 0 Å². The first kappa shape index (κ1) is 21.2. The third-order valence-electron chi connectivity index (χ3n) is 5.12. The normalized spacial score (nSPS) is 13.5. The van der Waals surface area contributed by atoms with Crippen molar-refractivity contribution < 1.29 is 28.5 Å². The Labute approximate surface area is 186 Å². The highest BCUT2D eigenvalue weighted by molar-refractivity contribution is 6.14. The molecule has 4 rings (SSSR count). The van der Waals surface area contributed by atoms with Crippen LogP contribution in [0.15, 0.2) is 66.4 Å². The SMILES string of the molecule is CCc1ccc(/C=C2\Oc3cc(OC(=O)c4cc(OC)cc(OC)c4)ccc3C2=O)cc1. The van der Waals surface area contributed by atoms with Gasteiger partial charge in [-0.1, -0.05) is 31.2 Å². The zero-order valence-corrected chi connectivity index (χ0v) is 18.0. The molecule has 0 bridgehead atoms. The van der Waals surface area contributed by atoms with E-state index >= 15 is 0 Å². The number of ketones is 1. The number of carbonyl (C=O) groups excluding carboxylic acids is 2. The number of ether oxygens (including phenoxy) is 4. The van der Waals surface area contributed by atoms with E-state index in [-0.39, 0.29) is 22.9 Å². The Morgan fingerprint density at radius 3 is 2.22 bits per heavy atom. The summed E-state index contributed by atoms with van der Waals surface area (Å²) in [4.78, 5) is 25.3. The van der Waals surface area contributed by atoms with E-state index in [1.165, 1.54) is 25.8 Å². The van der Waals surface area contributed by atoms with Crippen LogP contribution in [0.4, 0.5) is 0 Å². The summed E-state index contributed by atoms with van der Waals surface area (Å²) in [7, 11) is 3.00. The molecule has 1 aliphatic rings. The van der Waals surface area contributed by atoms with Crippen molar-refractivity contribution >= 4 is 17.8 Å². The fourth-order valence-electron chi connectivity index (χ4n) is 3.32. The van der Waals surface area contributed by atoms with Crippen molar-refractivity contribution in [2.24, 2.45) is 0 Å². The molecule has 0 aliphatic carbocycles. The van der Waals surface area contributed by atoms with Gasteiger partial charge in [0.1, 0.15) is 23.0 Å². The van der Waals surface area contributed by atoms with Gasteiger partial charge < -0.3 is 18.9 Å². The van der Waals surface area contributed by atoms with Crippen LogP contribution in [0.1, 0.15) is 38.8 Å². The average Bonchev–Trinajstić information content (AvgIpc) is 3.13. The first-order valence-corrected chi connectivity index (χ1v) is 10.1. The summed E-state index contributed by atoms with van der Waals surface area (Å²) in [5, 5.41) is 0. The van der Waals surface area contributed by atoms with Crippen LogP contribution in [-0.2, 0) is 6.42 Å². The van der Waals surface area contributed by atoms with E-state index in [2.05, 4.69) is 6.92 Å². The van der Waals surface area contributed by atoms with Gasteiger partial charge in [0.15, 0.2) is 5.76 Å². The molecule has 0 unspecified atom stereocenters. The minimum Gasteiger partial charge on any atom is -0.497 e. The number of allylic oxidation sites excluding steroid dienone is 1. The van der Waals surface area contributed by atoms with Gasteiger partial charge in [0.2, 0.25) is 5.78 Å². The van der Waals surface area contributed by atoms with Gasteiger partial charge in [-0.25, -0.2) is 4.79 Å². The van der Waals surface area contributed by atoms with Crippen molar-refractivity contribution in [3.05, 3.63) is 88.7 Å². The molecule has 1 heterocycles. The number of carbonyl (C=O) groups is 2. The van der Waals surface area contributed by atoms with Crippen LogP contribution in [0.3, 0.4) is 0 Å². The molecule has 0 atom stereocenters. The minimum absolute atomic E-state index is 0.213. The summed E-state index contributed by atoms with van der Waals surface area (Å²) in [5.74, 6) is 0.984. The molecule has 32 heavy (non-hydrogen) atoms. The van der Waals surface area contributed by atoms with Gasteiger partial charge in [0.05, 0.1) is 25.3 Å². The fraction of sp³-hybridized carbons (Fsp3) is 0.154. The van der Waals surface area contributed by atoms with Crippen molar-refractivity contribution in [1.82, 2.24) is 0 Å². The lowest BCUT2D eigenvalue weighted by Crippen LogP contribution is -2.09. The zero-order valence-electron chi connectivity index (χ0n) is 18.0. The number of aryl methyl sites for hydroxylation is 1. The monoisotopic (exact) mass is 430 g/mol. The Morgan fingerprint density at radius 2 is 1.59 bits per heavy atom. The first-order chi connectivity index (χ1) is 15.5. The van der Waals surface area contributed by atoms with Crippen LogP contribution in [-0.4, -0.2) is 26.0 Å². The van der Waals surface area contributed by atoms with Crippen molar-refractivity contribution in [1.29, 1.82) is 0 Å². The maximum absolute atomic E-state index is 12.7. The number of benzene rings is 3. The van der Waals surface area contributed by atoms with Crippen LogP contribution in [0.5, 0.6) is 23.0 Å². The summed E-state index contributed by atoms with van der Waals surface area (Å²) in [5.41, 5.74) is 2.78. The van der Waals surface area contributed by atoms with E-state index < -0.39 is 5.97 Å². The summed E-state index contributed by atoms with van der Waals surface area (Å²) in [6.45, 7) is 2.09. The van der Waals surface area contributed by atoms with Gasteiger partial charge in [0, 0.05) is 12.1 Å². The molecule has 6 nitrogen and oxygen atoms in total. The molecular formula is C26H22O6. The second kappa shape index (κ2) is 8.98. The van der Waals surface area contributed by atoms with Crippen LogP contribution in [0, 0.1) is 0 Å². The molecule has 0 aromatic heterocycles. The Balaban J connectivity index is 1.53.